The quantitative estimate of drug-likeness (QED) is 0.560. The van der Waals surface area contributed by atoms with Crippen LogP contribution in [-0.4, -0.2) is 14.5 Å². The third kappa shape index (κ3) is 1.27. The molecule has 0 saturated carbocycles. The smallest absolute Gasteiger partial charge is 0.159 e. The van der Waals surface area contributed by atoms with Gasteiger partial charge in [0.2, 0.25) is 0 Å². The van der Waals surface area contributed by atoms with Crippen LogP contribution in [0.25, 0.3) is 11.2 Å². The summed E-state index contributed by atoms with van der Waals surface area (Å²) in [6.45, 7) is 1.81. The minimum absolute atomic E-state index is 0.890. The van der Waals surface area contributed by atoms with Crippen molar-refractivity contribution < 1.29 is 0 Å². The minimum Gasteiger partial charge on any atom is -0.318 e. The predicted molar refractivity (Wildman–Crippen MR) is 51.1 cm³/mol. The van der Waals surface area contributed by atoms with Crippen molar-refractivity contribution in [3.8, 4) is 11.8 Å². The van der Waals surface area contributed by atoms with E-state index in [9.17, 15) is 0 Å². The number of nitrogens with zero attached hydrogens (tertiary/aromatic N) is 3. The molecule has 2 aromatic rings. The van der Waals surface area contributed by atoms with E-state index in [0.717, 1.165) is 16.7 Å². The Morgan fingerprint density at radius 1 is 1.38 bits per heavy atom. The molecule has 13 heavy (non-hydrogen) atoms. The second kappa shape index (κ2) is 2.91. The second-order valence-corrected chi connectivity index (χ2v) is 2.80. The minimum atomic E-state index is 0.890. The fraction of sp³-hybridized carbons (Fsp3) is 0.200. The summed E-state index contributed by atoms with van der Waals surface area (Å²) in [6, 6.07) is 1.94. The number of imidazole rings is 1. The highest BCUT2D eigenvalue weighted by atomic mass is 15.1. The Labute approximate surface area is 76.4 Å². The lowest BCUT2D eigenvalue weighted by Crippen LogP contribution is -1.87. The molecule has 0 aliphatic rings. The molecule has 0 amide bonds. The number of aromatic nitrogens is 3. The largest absolute Gasteiger partial charge is 0.318 e. The van der Waals surface area contributed by atoms with Gasteiger partial charge in [0.05, 0.1) is 6.33 Å². The summed E-state index contributed by atoms with van der Waals surface area (Å²) in [4.78, 5) is 8.45. The van der Waals surface area contributed by atoms with E-state index < -0.39 is 0 Å². The maximum atomic E-state index is 4.26. The van der Waals surface area contributed by atoms with Gasteiger partial charge in [-0.1, -0.05) is 5.92 Å². The molecule has 2 heterocycles. The molecule has 0 N–H and O–H groups in total. The van der Waals surface area contributed by atoms with Crippen molar-refractivity contribution in [2.75, 3.05) is 0 Å². The number of pyridine rings is 1. The molecule has 2 aromatic heterocycles. The Balaban J connectivity index is 2.67. The van der Waals surface area contributed by atoms with Gasteiger partial charge in [0, 0.05) is 18.8 Å². The average molecular weight is 171 g/mol. The maximum absolute atomic E-state index is 4.26. The summed E-state index contributed by atoms with van der Waals surface area (Å²) in [5.74, 6) is 5.78. The molecule has 2 rings (SSSR count). The maximum Gasteiger partial charge on any atom is 0.159 e. The van der Waals surface area contributed by atoms with Crippen LogP contribution >= 0.6 is 0 Å². The van der Waals surface area contributed by atoms with Crippen LogP contribution in [0, 0.1) is 11.8 Å². The molecule has 0 saturated heterocycles. The molecular weight excluding hydrogens is 162 g/mol. The Morgan fingerprint density at radius 3 is 3.00 bits per heavy atom. The Hall–Kier alpha value is -1.82. The van der Waals surface area contributed by atoms with Gasteiger partial charge >= 0.3 is 0 Å². The van der Waals surface area contributed by atoms with Crippen molar-refractivity contribution in [1.82, 2.24) is 14.5 Å². The van der Waals surface area contributed by atoms with E-state index in [-0.39, 0.29) is 0 Å². The van der Waals surface area contributed by atoms with E-state index in [1.807, 2.05) is 24.6 Å². The summed E-state index contributed by atoms with van der Waals surface area (Å²) >= 11 is 0. The van der Waals surface area contributed by atoms with Gasteiger partial charge in [-0.3, -0.25) is 0 Å². The number of fused-ring (bicyclic) bond motifs is 1. The molecule has 3 nitrogen and oxygen atoms in total. The molecule has 0 aromatic carbocycles. The molecule has 3 heteroatoms. The third-order valence-corrected chi connectivity index (χ3v) is 1.82. The zero-order valence-electron chi connectivity index (χ0n) is 7.57. The molecule has 64 valence electrons. The highest BCUT2D eigenvalue weighted by Crippen LogP contribution is 2.09. The molecule has 0 bridgehead atoms. The van der Waals surface area contributed by atoms with Gasteiger partial charge in [-0.25, -0.2) is 9.97 Å². The first-order valence-corrected chi connectivity index (χ1v) is 4.01. The number of hydrogen-bond acceptors (Lipinski definition) is 2. The highest BCUT2D eigenvalue weighted by Gasteiger charge is 2.00. The first kappa shape index (κ1) is 7.81. The van der Waals surface area contributed by atoms with Gasteiger partial charge in [0.25, 0.3) is 0 Å². The van der Waals surface area contributed by atoms with Crippen LogP contribution in [0.4, 0.5) is 0 Å². The van der Waals surface area contributed by atoms with Gasteiger partial charge in [0.1, 0.15) is 5.52 Å². The van der Waals surface area contributed by atoms with Gasteiger partial charge in [-0.05, 0) is 13.0 Å². The lowest BCUT2D eigenvalue weighted by atomic mass is 10.3. The molecule has 0 atom stereocenters. The molecule has 0 spiro atoms. The van der Waals surface area contributed by atoms with E-state index in [1.165, 1.54) is 0 Å². The van der Waals surface area contributed by atoms with E-state index in [4.69, 9.17) is 0 Å². The molecule has 0 radical (unpaired) electrons. The van der Waals surface area contributed by atoms with Gasteiger partial charge < -0.3 is 4.57 Å². The monoisotopic (exact) mass is 171 g/mol. The van der Waals surface area contributed by atoms with E-state index in [2.05, 4.69) is 21.8 Å². The fourth-order valence-electron chi connectivity index (χ4n) is 1.23. The summed E-state index contributed by atoms with van der Waals surface area (Å²) in [5.41, 5.74) is 2.69. The predicted octanol–water partition coefficient (Wildman–Crippen LogP) is 1.34. The van der Waals surface area contributed by atoms with Crippen LogP contribution in [0.3, 0.4) is 0 Å². The second-order valence-electron chi connectivity index (χ2n) is 2.80. The highest BCUT2D eigenvalue weighted by molar-refractivity contribution is 5.72. The Morgan fingerprint density at radius 2 is 2.23 bits per heavy atom. The molecule has 0 unspecified atom stereocenters. The lowest BCUT2D eigenvalue weighted by Gasteiger charge is -1.92. The lowest BCUT2D eigenvalue weighted by molar-refractivity contribution is 0.931. The van der Waals surface area contributed by atoms with E-state index >= 15 is 0 Å². The number of aryl methyl sites for hydroxylation is 1. The molecule has 0 aliphatic carbocycles. The van der Waals surface area contributed by atoms with Crippen molar-refractivity contribution in [3.05, 3.63) is 24.2 Å². The topological polar surface area (TPSA) is 30.7 Å². The average Bonchev–Trinajstić information content (AvgIpc) is 2.48. The first-order valence-electron chi connectivity index (χ1n) is 4.01. The standard InChI is InChI=1S/C10H9N3/c1-3-4-8-5-9-10(11-6-8)13(2)7-12-9/h5-7H,1-2H3. The fourth-order valence-corrected chi connectivity index (χ4v) is 1.23. The van der Waals surface area contributed by atoms with Crippen molar-refractivity contribution >= 4 is 11.2 Å². The Kier molecular flexibility index (Phi) is 1.75. The zero-order chi connectivity index (χ0) is 9.26. The normalized spacial score (nSPS) is 9.69. The van der Waals surface area contributed by atoms with Crippen molar-refractivity contribution in [1.29, 1.82) is 0 Å². The summed E-state index contributed by atoms with van der Waals surface area (Å²) in [5, 5.41) is 0. The van der Waals surface area contributed by atoms with E-state index in [1.54, 1.807) is 12.5 Å². The van der Waals surface area contributed by atoms with Crippen molar-refractivity contribution in [2.45, 2.75) is 6.92 Å². The molecular formula is C10H9N3. The van der Waals surface area contributed by atoms with E-state index in [0.29, 0.717) is 0 Å². The van der Waals surface area contributed by atoms with Gasteiger partial charge in [-0.2, -0.15) is 0 Å². The molecule has 0 aliphatic heterocycles. The summed E-state index contributed by atoms with van der Waals surface area (Å²) in [7, 11) is 1.92. The van der Waals surface area contributed by atoms with Crippen LogP contribution in [0.1, 0.15) is 12.5 Å². The van der Waals surface area contributed by atoms with Crippen LogP contribution in [0.5, 0.6) is 0 Å². The van der Waals surface area contributed by atoms with Gasteiger partial charge in [0.15, 0.2) is 5.65 Å². The Bertz CT molecular complexity index is 500. The number of hydrogen-bond donors (Lipinski definition) is 0. The van der Waals surface area contributed by atoms with Crippen LogP contribution in [0.2, 0.25) is 0 Å². The zero-order valence-corrected chi connectivity index (χ0v) is 7.57. The van der Waals surface area contributed by atoms with Crippen LogP contribution < -0.4 is 0 Å². The van der Waals surface area contributed by atoms with Crippen LogP contribution in [0.15, 0.2) is 18.6 Å². The van der Waals surface area contributed by atoms with Crippen molar-refractivity contribution in [3.63, 3.8) is 0 Å². The van der Waals surface area contributed by atoms with Gasteiger partial charge in [-0.15, -0.1) is 5.92 Å². The number of rotatable bonds is 0. The SMILES string of the molecule is CC#Cc1cnc2c(c1)ncn2C. The molecule has 0 fully saturated rings. The van der Waals surface area contributed by atoms with Crippen LogP contribution in [-0.2, 0) is 7.05 Å². The van der Waals surface area contributed by atoms with Crippen molar-refractivity contribution in [2.24, 2.45) is 7.05 Å². The summed E-state index contributed by atoms with van der Waals surface area (Å²) < 4.78 is 1.89. The third-order valence-electron chi connectivity index (χ3n) is 1.82. The summed E-state index contributed by atoms with van der Waals surface area (Å²) in [6.07, 6.45) is 3.52. The first-order chi connectivity index (χ1) is 6.31.